The lowest BCUT2D eigenvalue weighted by molar-refractivity contribution is -0.140. The van der Waals surface area contributed by atoms with Gasteiger partial charge in [0.25, 0.3) is 6.43 Å². The molecule has 0 saturated carbocycles. The summed E-state index contributed by atoms with van der Waals surface area (Å²) in [5.41, 5.74) is -1.22. The summed E-state index contributed by atoms with van der Waals surface area (Å²) in [4.78, 5) is 10.8. The van der Waals surface area contributed by atoms with Crippen LogP contribution in [-0.2, 0) is 11.3 Å². The van der Waals surface area contributed by atoms with Gasteiger partial charge in [-0.2, -0.15) is 0 Å². The predicted octanol–water partition coefficient (Wildman–Crippen LogP) is 3.09. The predicted molar refractivity (Wildman–Crippen MR) is 80.6 cm³/mol. The van der Waals surface area contributed by atoms with Crippen molar-refractivity contribution in [1.29, 1.82) is 0 Å². The highest BCUT2D eigenvalue weighted by molar-refractivity contribution is 6.32. The summed E-state index contributed by atoms with van der Waals surface area (Å²) in [6, 6.07) is 3.25. The van der Waals surface area contributed by atoms with Crippen LogP contribution >= 0.6 is 11.6 Å². The van der Waals surface area contributed by atoms with Crippen LogP contribution in [0.25, 0.3) is 0 Å². The Hall–Kier alpha value is -1.60. The van der Waals surface area contributed by atoms with E-state index in [4.69, 9.17) is 26.2 Å². The highest BCUT2D eigenvalue weighted by atomic mass is 35.5. The van der Waals surface area contributed by atoms with Crippen molar-refractivity contribution in [1.82, 2.24) is 5.32 Å². The summed E-state index contributed by atoms with van der Waals surface area (Å²) in [6.07, 6.45) is -2.79. The van der Waals surface area contributed by atoms with Crippen molar-refractivity contribution in [3.63, 3.8) is 0 Å². The topological polar surface area (TPSA) is 67.8 Å². The van der Waals surface area contributed by atoms with Crippen molar-refractivity contribution in [2.24, 2.45) is 0 Å². The maximum Gasteiger partial charge on any atom is 0.305 e. The minimum Gasteiger partial charge on any atom is -0.489 e. The Morgan fingerprint density at radius 3 is 2.78 bits per heavy atom. The van der Waals surface area contributed by atoms with E-state index in [1.165, 1.54) is 6.92 Å². The first kappa shape index (κ1) is 17.7. The van der Waals surface area contributed by atoms with E-state index in [1.54, 1.807) is 12.1 Å². The Balaban J connectivity index is 2.15. The van der Waals surface area contributed by atoms with Crippen LogP contribution < -0.4 is 14.8 Å². The molecular weight excluding hydrogens is 332 g/mol. The maximum atomic E-state index is 13.2. The molecule has 1 aromatic rings. The zero-order valence-electron chi connectivity index (χ0n) is 12.6. The number of fused-ring (bicyclic) bond motifs is 1. The molecule has 0 spiro atoms. The lowest BCUT2D eigenvalue weighted by Crippen LogP contribution is -2.49. The number of hydrogen-bond donors (Lipinski definition) is 2. The zero-order valence-corrected chi connectivity index (χ0v) is 13.3. The van der Waals surface area contributed by atoms with Gasteiger partial charge in [0.1, 0.15) is 0 Å². The number of benzene rings is 1. The third-order valence-electron chi connectivity index (χ3n) is 3.56. The first-order valence-electron chi connectivity index (χ1n) is 7.15. The fourth-order valence-electron chi connectivity index (χ4n) is 2.22. The molecule has 0 radical (unpaired) electrons. The number of nitrogens with one attached hydrogen (secondary N) is 1. The average Bonchev–Trinajstić information content (AvgIpc) is 2.70. The molecule has 1 unspecified atom stereocenters. The van der Waals surface area contributed by atoms with Crippen LogP contribution in [0, 0.1) is 0 Å². The second-order valence-corrected chi connectivity index (χ2v) is 6.00. The van der Waals surface area contributed by atoms with Crippen LogP contribution in [0.4, 0.5) is 8.78 Å². The van der Waals surface area contributed by atoms with E-state index in [0.717, 1.165) is 6.42 Å². The number of carboxylic acids is 1. The quantitative estimate of drug-likeness (QED) is 0.826. The highest BCUT2D eigenvalue weighted by Crippen LogP contribution is 2.38. The summed E-state index contributed by atoms with van der Waals surface area (Å²) in [5, 5.41) is 11.7. The van der Waals surface area contributed by atoms with Gasteiger partial charge >= 0.3 is 5.97 Å². The number of carbonyl (C=O) groups is 1. The number of ether oxygens (including phenoxy) is 2. The Morgan fingerprint density at radius 2 is 2.13 bits per heavy atom. The van der Waals surface area contributed by atoms with E-state index in [2.05, 4.69) is 5.32 Å². The van der Waals surface area contributed by atoms with Crippen molar-refractivity contribution >= 4 is 17.6 Å². The largest absolute Gasteiger partial charge is 0.489 e. The van der Waals surface area contributed by atoms with Crippen LogP contribution in [0.5, 0.6) is 11.5 Å². The van der Waals surface area contributed by atoms with Gasteiger partial charge in [-0.1, -0.05) is 11.6 Å². The molecule has 1 heterocycles. The molecule has 1 aliphatic rings. The second kappa shape index (κ2) is 7.31. The van der Waals surface area contributed by atoms with Crippen molar-refractivity contribution in [2.75, 3.05) is 13.2 Å². The minimum atomic E-state index is -2.82. The molecule has 2 rings (SSSR count). The SMILES string of the molecule is CC(CC(=O)O)(NCc1cc(Cl)c2c(c1)OCCCO2)C(F)F. The van der Waals surface area contributed by atoms with Gasteiger partial charge in [-0.05, 0) is 24.6 Å². The summed E-state index contributed by atoms with van der Waals surface area (Å²) in [6.45, 7) is 2.18. The molecular formula is C15H18ClF2NO4. The molecule has 128 valence electrons. The monoisotopic (exact) mass is 349 g/mol. The molecule has 0 amide bonds. The van der Waals surface area contributed by atoms with Gasteiger partial charge in [0.05, 0.1) is 30.2 Å². The Kier molecular flexibility index (Phi) is 5.64. The summed E-state index contributed by atoms with van der Waals surface area (Å²) in [5.74, 6) is -0.393. The fourth-order valence-corrected chi connectivity index (χ4v) is 2.51. The first-order chi connectivity index (χ1) is 10.8. The van der Waals surface area contributed by atoms with Crippen molar-refractivity contribution in [3.8, 4) is 11.5 Å². The van der Waals surface area contributed by atoms with Gasteiger partial charge in [0, 0.05) is 13.0 Å². The van der Waals surface area contributed by atoms with Gasteiger partial charge in [-0.3, -0.25) is 4.79 Å². The number of aliphatic carboxylic acids is 1. The summed E-state index contributed by atoms with van der Waals surface area (Å²) < 4.78 is 37.3. The van der Waals surface area contributed by atoms with Gasteiger partial charge in [0.15, 0.2) is 11.5 Å². The van der Waals surface area contributed by atoms with Crippen LogP contribution in [-0.4, -0.2) is 36.3 Å². The van der Waals surface area contributed by atoms with Gasteiger partial charge in [0.2, 0.25) is 0 Å². The van der Waals surface area contributed by atoms with Crippen LogP contribution in [0.3, 0.4) is 0 Å². The molecule has 1 aromatic carbocycles. The van der Waals surface area contributed by atoms with Crippen molar-refractivity contribution < 1.29 is 28.2 Å². The van der Waals surface area contributed by atoms with E-state index < -0.39 is 24.4 Å². The second-order valence-electron chi connectivity index (χ2n) is 5.60. The smallest absolute Gasteiger partial charge is 0.305 e. The number of carboxylic acid groups (broad SMARTS) is 1. The van der Waals surface area contributed by atoms with E-state index in [1.807, 2.05) is 0 Å². The highest BCUT2D eigenvalue weighted by Gasteiger charge is 2.37. The normalized spacial score (nSPS) is 16.7. The molecule has 5 nitrogen and oxygen atoms in total. The molecule has 8 heteroatoms. The van der Waals surface area contributed by atoms with Crippen molar-refractivity contribution in [3.05, 3.63) is 22.7 Å². The van der Waals surface area contributed by atoms with E-state index in [0.29, 0.717) is 35.3 Å². The van der Waals surface area contributed by atoms with Gasteiger partial charge in [-0.15, -0.1) is 0 Å². The number of hydrogen-bond acceptors (Lipinski definition) is 4. The third-order valence-corrected chi connectivity index (χ3v) is 3.84. The third kappa shape index (κ3) is 4.45. The molecule has 0 aliphatic carbocycles. The standard InChI is InChI=1S/C15H18ClF2NO4/c1-15(14(17)18,7-12(20)21)19-8-9-5-10(16)13-11(6-9)22-3-2-4-23-13/h5-6,14,19H,2-4,7-8H2,1H3,(H,20,21). The molecule has 2 N–H and O–H groups in total. The first-order valence-corrected chi connectivity index (χ1v) is 7.52. The molecule has 0 saturated heterocycles. The Labute approximate surface area is 137 Å². The van der Waals surface area contributed by atoms with Crippen molar-refractivity contribution in [2.45, 2.75) is 38.3 Å². The molecule has 0 fully saturated rings. The van der Waals surface area contributed by atoms with E-state index >= 15 is 0 Å². The summed E-state index contributed by atoms with van der Waals surface area (Å²) >= 11 is 6.14. The minimum absolute atomic E-state index is 0.0322. The van der Waals surface area contributed by atoms with Gasteiger partial charge in [-0.25, -0.2) is 8.78 Å². The lowest BCUT2D eigenvalue weighted by Gasteiger charge is -2.28. The van der Waals surface area contributed by atoms with E-state index in [-0.39, 0.29) is 6.54 Å². The van der Waals surface area contributed by atoms with Gasteiger partial charge < -0.3 is 19.9 Å². The van der Waals surface area contributed by atoms with E-state index in [9.17, 15) is 13.6 Å². The number of rotatable bonds is 6. The van der Waals surface area contributed by atoms with Crippen LogP contribution in [0.2, 0.25) is 5.02 Å². The molecule has 1 aliphatic heterocycles. The maximum absolute atomic E-state index is 13.2. The molecule has 0 aromatic heterocycles. The molecule has 0 bridgehead atoms. The zero-order chi connectivity index (χ0) is 17.0. The van der Waals surface area contributed by atoms with Crippen LogP contribution in [0.1, 0.15) is 25.3 Å². The Morgan fingerprint density at radius 1 is 1.43 bits per heavy atom. The number of alkyl halides is 2. The molecule has 23 heavy (non-hydrogen) atoms. The Bertz CT molecular complexity index is 585. The summed E-state index contributed by atoms with van der Waals surface area (Å²) in [7, 11) is 0. The average molecular weight is 350 g/mol. The number of halogens is 3. The molecule has 1 atom stereocenters. The fraction of sp³-hybridized carbons (Fsp3) is 0.533. The van der Waals surface area contributed by atoms with Crippen LogP contribution in [0.15, 0.2) is 12.1 Å². The lowest BCUT2D eigenvalue weighted by atomic mass is 9.98.